The molecule has 2 bridgehead atoms. The second-order valence-electron chi connectivity index (χ2n) is 12.2. The molecule has 3 aliphatic rings. The van der Waals surface area contributed by atoms with Gasteiger partial charge in [-0.15, -0.1) is 0 Å². The standard InChI is InChI=1S/C32H37NO9/c1-19-14-25(39-20(2)34)27(40-21(3)35)31(18-38-28(36)23-12-9-13-33-17-23)26(41-29(37)22-10-7-6-8-11-22)15-24-16-32(19,31)42-30(24,4)5/h6-13,17,19,24-27H,14-16,18H2,1-5H3. The maximum Gasteiger partial charge on any atom is 0.339 e. The van der Waals surface area contributed by atoms with Crippen molar-refractivity contribution < 1.29 is 42.9 Å². The zero-order valence-electron chi connectivity index (χ0n) is 24.5. The largest absolute Gasteiger partial charge is 0.461 e. The lowest BCUT2D eigenvalue weighted by atomic mass is 9.49. The third kappa shape index (κ3) is 5.06. The Morgan fingerprint density at radius 2 is 1.60 bits per heavy atom. The number of carbonyl (C=O) groups excluding carboxylic acids is 4. The molecular formula is C32H37NO9. The Labute approximate surface area is 245 Å². The Morgan fingerprint density at radius 1 is 0.905 bits per heavy atom. The molecule has 0 N–H and O–H groups in total. The van der Waals surface area contributed by atoms with Crippen LogP contribution < -0.4 is 0 Å². The predicted molar refractivity (Wildman–Crippen MR) is 148 cm³/mol. The van der Waals surface area contributed by atoms with Gasteiger partial charge in [-0.05, 0) is 69.2 Å². The van der Waals surface area contributed by atoms with Crippen molar-refractivity contribution >= 4 is 23.9 Å². The molecule has 224 valence electrons. The minimum absolute atomic E-state index is 0.0149. The smallest absolute Gasteiger partial charge is 0.339 e. The molecule has 0 amide bonds. The summed E-state index contributed by atoms with van der Waals surface area (Å²) in [6.45, 7) is 8.20. The van der Waals surface area contributed by atoms with Gasteiger partial charge < -0.3 is 23.7 Å². The summed E-state index contributed by atoms with van der Waals surface area (Å²) >= 11 is 0. The highest BCUT2D eigenvalue weighted by Crippen LogP contribution is 2.67. The van der Waals surface area contributed by atoms with Crippen molar-refractivity contribution in [2.45, 2.75) is 83.4 Å². The lowest BCUT2D eigenvalue weighted by molar-refractivity contribution is -0.297. The van der Waals surface area contributed by atoms with E-state index in [1.54, 1.807) is 48.7 Å². The molecule has 7 atom stereocenters. The number of hydrogen-bond donors (Lipinski definition) is 0. The van der Waals surface area contributed by atoms with Crippen LogP contribution in [-0.4, -0.2) is 65.0 Å². The molecule has 1 aromatic heterocycles. The van der Waals surface area contributed by atoms with Crippen LogP contribution >= 0.6 is 0 Å². The monoisotopic (exact) mass is 579 g/mol. The van der Waals surface area contributed by atoms with E-state index < -0.39 is 58.8 Å². The second-order valence-corrected chi connectivity index (χ2v) is 12.2. The Bertz CT molecular complexity index is 1350. The third-order valence-corrected chi connectivity index (χ3v) is 9.27. The average Bonchev–Trinajstić information content (AvgIpc) is 3.18. The highest BCUT2D eigenvalue weighted by molar-refractivity contribution is 5.90. The van der Waals surface area contributed by atoms with Crippen LogP contribution in [0.4, 0.5) is 0 Å². The lowest BCUT2D eigenvalue weighted by Gasteiger charge is -2.62. The van der Waals surface area contributed by atoms with Crippen LogP contribution in [0.15, 0.2) is 54.9 Å². The van der Waals surface area contributed by atoms with E-state index in [9.17, 15) is 19.2 Å². The van der Waals surface area contributed by atoms with Crippen LogP contribution in [0.3, 0.4) is 0 Å². The summed E-state index contributed by atoms with van der Waals surface area (Å²) in [7, 11) is 0. The fourth-order valence-corrected chi connectivity index (χ4v) is 7.44. The first-order chi connectivity index (χ1) is 19.9. The number of hydrogen-bond acceptors (Lipinski definition) is 10. The lowest BCUT2D eigenvalue weighted by Crippen LogP contribution is -2.74. The minimum atomic E-state index is -1.41. The van der Waals surface area contributed by atoms with Gasteiger partial charge in [-0.25, -0.2) is 9.59 Å². The van der Waals surface area contributed by atoms with E-state index in [2.05, 4.69) is 4.98 Å². The average molecular weight is 580 g/mol. The summed E-state index contributed by atoms with van der Waals surface area (Å²) < 4.78 is 31.1. The second kappa shape index (κ2) is 11.1. The zero-order chi connectivity index (χ0) is 30.3. The summed E-state index contributed by atoms with van der Waals surface area (Å²) in [4.78, 5) is 55.9. The van der Waals surface area contributed by atoms with Gasteiger partial charge >= 0.3 is 23.9 Å². The van der Waals surface area contributed by atoms with Gasteiger partial charge in [0.05, 0.1) is 22.3 Å². The first kappa shape index (κ1) is 29.7. The number of rotatable bonds is 7. The van der Waals surface area contributed by atoms with E-state index in [4.69, 9.17) is 23.7 Å². The van der Waals surface area contributed by atoms with E-state index in [1.165, 1.54) is 20.0 Å². The molecular weight excluding hydrogens is 542 g/mol. The molecule has 2 aromatic rings. The van der Waals surface area contributed by atoms with Crippen LogP contribution in [0.5, 0.6) is 0 Å². The van der Waals surface area contributed by atoms with Gasteiger partial charge in [-0.3, -0.25) is 14.6 Å². The first-order valence-electron chi connectivity index (χ1n) is 14.3. The van der Waals surface area contributed by atoms with Crippen molar-refractivity contribution in [1.82, 2.24) is 4.98 Å². The van der Waals surface area contributed by atoms with Gasteiger partial charge in [-0.2, -0.15) is 0 Å². The quantitative estimate of drug-likeness (QED) is 0.346. The maximum absolute atomic E-state index is 13.6. The SMILES string of the molecule is CC(=O)OC1CC(C)C23CC(CC(OC(=O)c4ccccc4)C2(COC(=O)c2cccnc2)C1OC(C)=O)C(C)(C)O3. The molecule has 2 saturated carbocycles. The Morgan fingerprint density at radius 3 is 2.24 bits per heavy atom. The Balaban J connectivity index is 1.67. The van der Waals surface area contributed by atoms with Crippen molar-refractivity contribution in [3.05, 3.63) is 66.0 Å². The van der Waals surface area contributed by atoms with E-state index in [1.807, 2.05) is 20.8 Å². The van der Waals surface area contributed by atoms with Gasteiger partial charge in [0.25, 0.3) is 0 Å². The van der Waals surface area contributed by atoms with Gasteiger partial charge in [0.1, 0.15) is 24.2 Å². The van der Waals surface area contributed by atoms with Crippen molar-refractivity contribution in [2.75, 3.05) is 6.61 Å². The third-order valence-electron chi connectivity index (χ3n) is 9.27. The summed E-state index contributed by atoms with van der Waals surface area (Å²) in [5.41, 5.74) is -2.52. The van der Waals surface area contributed by atoms with Crippen molar-refractivity contribution in [1.29, 1.82) is 0 Å². The first-order valence-corrected chi connectivity index (χ1v) is 14.3. The number of carbonyl (C=O) groups is 4. The summed E-state index contributed by atoms with van der Waals surface area (Å²) in [5.74, 6) is -2.66. The topological polar surface area (TPSA) is 127 Å². The molecule has 2 aliphatic carbocycles. The molecule has 0 radical (unpaired) electrons. The molecule has 42 heavy (non-hydrogen) atoms. The van der Waals surface area contributed by atoms with Gasteiger partial charge in [0.2, 0.25) is 0 Å². The summed E-state index contributed by atoms with van der Waals surface area (Å²) in [5, 5.41) is 0. The number of nitrogens with zero attached hydrogens (tertiary/aromatic N) is 1. The fourth-order valence-electron chi connectivity index (χ4n) is 7.44. The number of pyridine rings is 1. The van der Waals surface area contributed by atoms with E-state index >= 15 is 0 Å². The van der Waals surface area contributed by atoms with Crippen molar-refractivity contribution in [3.8, 4) is 0 Å². The predicted octanol–water partition coefficient (Wildman–Crippen LogP) is 4.31. The molecule has 10 nitrogen and oxygen atoms in total. The van der Waals surface area contributed by atoms with Crippen LogP contribution in [0.1, 0.15) is 74.6 Å². The molecule has 5 rings (SSSR count). The molecule has 7 unspecified atom stereocenters. The molecule has 2 heterocycles. The molecule has 1 aromatic carbocycles. The molecule has 3 fully saturated rings. The number of fused-ring (bicyclic) bond motifs is 1. The van der Waals surface area contributed by atoms with Crippen molar-refractivity contribution in [3.63, 3.8) is 0 Å². The van der Waals surface area contributed by atoms with Gasteiger partial charge in [-0.1, -0.05) is 25.1 Å². The van der Waals surface area contributed by atoms with E-state index in [0.29, 0.717) is 24.8 Å². The zero-order valence-corrected chi connectivity index (χ0v) is 24.5. The maximum atomic E-state index is 13.6. The summed E-state index contributed by atoms with van der Waals surface area (Å²) in [6.07, 6.45) is 1.22. The highest BCUT2D eigenvalue weighted by atomic mass is 16.6. The van der Waals surface area contributed by atoms with E-state index in [-0.39, 0.29) is 24.0 Å². The van der Waals surface area contributed by atoms with E-state index in [0.717, 1.165) is 0 Å². The highest BCUT2D eigenvalue weighted by Gasteiger charge is 2.78. The van der Waals surface area contributed by atoms with Crippen LogP contribution in [0.25, 0.3) is 0 Å². The van der Waals surface area contributed by atoms with Crippen LogP contribution in [0, 0.1) is 17.3 Å². The normalized spacial score (nSPS) is 32.6. The van der Waals surface area contributed by atoms with Crippen LogP contribution in [-0.2, 0) is 33.3 Å². The Hall–Kier alpha value is -3.79. The Kier molecular flexibility index (Phi) is 7.87. The molecule has 1 spiro atoms. The number of benzene rings is 1. The number of aromatic nitrogens is 1. The van der Waals surface area contributed by atoms with Crippen molar-refractivity contribution in [2.24, 2.45) is 17.3 Å². The molecule has 1 aliphatic heterocycles. The number of ether oxygens (including phenoxy) is 5. The van der Waals surface area contributed by atoms with Gasteiger partial charge in [0.15, 0.2) is 6.10 Å². The fraction of sp³-hybridized carbons (Fsp3) is 0.531. The number of esters is 4. The minimum Gasteiger partial charge on any atom is -0.461 e. The van der Waals surface area contributed by atoms with Crippen LogP contribution in [0.2, 0.25) is 0 Å². The molecule has 1 saturated heterocycles. The summed E-state index contributed by atoms with van der Waals surface area (Å²) in [6, 6.07) is 11.8. The molecule has 10 heteroatoms. The van der Waals surface area contributed by atoms with Gasteiger partial charge in [0, 0.05) is 26.2 Å².